The molecule has 3 aromatic carbocycles. The number of nitrogens with zero attached hydrogens (tertiary/aromatic N) is 1. The number of hydrogen-bond donors (Lipinski definition) is 2. The molecule has 170 valence electrons. The Bertz CT molecular complexity index is 1190. The van der Waals surface area contributed by atoms with E-state index in [9.17, 15) is 14.0 Å². The van der Waals surface area contributed by atoms with Gasteiger partial charge in [0.2, 0.25) is 5.91 Å². The van der Waals surface area contributed by atoms with Crippen LogP contribution in [0, 0.1) is 11.7 Å². The van der Waals surface area contributed by atoms with Crippen LogP contribution in [0.15, 0.2) is 71.8 Å². The van der Waals surface area contributed by atoms with Gasteiger partial charge in [-0.15, -0.1) is 0 Å². The summed E-state index contributed by atoms with van der Waals surface area (Å²) in [4.78, 5) is 24.5. The van der Waals surface area contributed by atoms with Crippen molar-refractivity contribution in [3.63, 3.8) is 0 Å². The summed E-state index contributed by atoms with van der Waals surface area (Å²) in [6, 6.07) is 17.9. The van der Waals surface area contributed by atoms with Gasteiger partial charge in [0.15, 0.2) is 0 Å². The molecule has 0 heterocycles. The zero-order chi connectivity index (χ0) is 23.8. The van der Waals surface area contributed by atoms with Crippen molar-refractivity contribution in [1.82, 2.24) is 5.43 Å². The van der Waals surface area contributed by atoms with Gasteiger partial charge in [-0.25, -0.2) is 9.82 Å². The van der Waals surface area contributed by atoms with Crippen LogP contribution in [0.3, 0.4) is 0 Å². The smallest absolute Gasteiger partial charge is 0.252 e. The number of hydrogen-bond acceptors (Lipinski definition) is 4. The Kier molecular flexibility index (Phi) is 8.40. The third-order valence-corrected chi connectivity index (χ3v) is 5.20. The number of amides is 2. The summed E-state index contributed by atoms with van der Waals surface area (Å²) < 4.78 is 19.5. The average molecular weight is 488 g/mol. The Morgan fingerprint density at radius 2 is 1.79 bits per heavy atom. The molecule has 6 nitrogen and oxygen atoms in total. The lowest BCUT2D eigenvalue weighted by atomic mass is 10.1. The van der Waals surface area contributed by atoms with Gasteiger partial charge in [0, 0.05) is 21.2 Å². The van der Waals surface area contributed by atoms with Crippen LogP contribution in [-0.2, 0) is 16.2 Å². The molecule has 0 spiro atoms. The van der Waals surface area contributed by atoms with Crippen LogP contribution in [-0.4, -0.2) is 18.0 Å². The van der Waals surface area contributed by atoms with Crippen molar-refractivity contribution in [2.24, 2.45) is 11.0 Å². The average Bonchev–Trinajstić information content (AvgIpc) is 2.80. The van der Waals surface area contributed by atoms with E-state index in [1.807, 2.05) is 0 Å². The van der Waals surface area contributed by atoms with E-state index < -0.39 is 23.5 Å². The number of carbonyl (C=O) groups is 2. The maximum absolute atomic E-state index is 13.7. The van der Waals surface area contributed by atoms with Gasteiger partial charge in [-0.1, -0.05) is 53.5 Å². The van der Waals surface area contributed by atoms with Gasteiger partial charge in [-0.2, -0.15) is 5.10 Å². The van der Waals surface area contributed by atoms with Crippen LogP contribution in [0.25, 0.3) is 0 Å². The topological polar surface area (TPSA) is 79.8 Å². The Labute approximate surface area is 200 Å². The number of anilines is 1. The first-order valence-corrected chi connectivity index (χ1v) is 10.6. The minimum atomic E-state index is -1.10. The van der Waals surface area contributed by atoms with Crippen molar-refractivity contribution in [2.45, 2.75) is 13.5 Å². The Hall–Kier alpha value is -3.42. The van der Waals surface area contributed by atoms with Gasteiger partial charge >= 0.3 is 0 Å². The lowest BCUT2D eigenvalue weighted by molar-refractivity contribution is -0.131. The number of benzene rings is 3. The van der Waals surface area contributed by atoms with E-state index in [1.54, 1.807) is 48.5 Å². The quantitative estimate of drug-likeness (QED) is 0.252. The van der Waals surface area contributed by atoms with Crippen LogP contribution in [0.1, 0.15) is 18.1 Å². The normalized spacial score (nSPS) is 11.8. The monoisotopic (exact) mass is 487 g/mol. The fraction of sp³-hybridized carbons (Fsp3) is 0.125. The van der Waals surface area contributed by atoms with Crippen LogP contribution < -0.4 is 15.5 Å². The van der Waals surface area contributed by atoms with Crippen LogP contribution in [0.5, 0.6) is 5.75 Å². The third kappa shape index (κ3) is 6.78. The van der Waals surface area contributed by atoms with Crippen molar-refractivity contribution in [1.29, 1.82) is 0 Å². The van der Waals surface area contributed by atoms with Gasteiger partial charge < -0.3 is 10.1 Å². The molecule has 0 fully saturated rings. The summed E-state index contributed by atoms with van der Waals surface area (Å²) >= 11 is 12.1. The Morgan fingerprint density at radius 1 is 1.06 bits per heavy atom. The highest BCUT2D eigenvalue weighted by Crippen LogP contribution is 2.24. The summed E-state index contributed by atoms with van der Waals surface area (Å²) in [6.07, 6.45) is 1.40. The molecule has 1 atom stereocenters. The standard InChI is InChI=1S/C24H20Cl2FN3O3/c1-15(23(31)29-21-8-4-3-7-20(21)27)24(32)30-28-13-16-6-2-5-9-22(16)33-14-17-10-11-18(25)12-19(17)26/h2-13,15H,14H2,1H3,(H,29,31)(H,30,32). The molecule has 0 saturated heterocycles. The number of nitrogens with one attached hydrogen (secondary N) is 2. The molecule has 2 amide bonds. The zero-order valence-corrected chi connectivity index (χ0v) is 19.0. The minimum absolute atomic E-state index is 0.00230. The summed E-state index contributed by atoms with van der Waals surface area (Å²) in [5.41, 5.74) is 3.67. The van der Waals surface area contributed by atoms with E-state index in [0.29, 0.717) is 21.4 Å². The zero-order valence-electron chi connectivity index (χ0n) is 17.5. The van der Waals surface area contributed by atoms with Crippen LogP contribution in [0.4, 0.5) is 10.1 Å². The lowest BCUT2D eigenvalue weighted by Gasteiger charge is -2.12. The maximum Gasteiger partial charge on any atom is 0.252 e. The first kappa shape index (κ1) is 24.2. The van der Waals surface area contributed by atoms with E-state index in [0.717, 1.165) is 5.56 Å². The van der Waals surface area contributed by atoms with Gasteiger partial charge in [0.05, 0.1) is 11.9 Å². The number of halogens is 3. The van der Waals surface area contributed by atoms with Crippen molar-refractivity contribution >= 4 is 46.9 Å². The van der Waals surface area contributed by atoms with E-state index in [4.69, 9.17) is 27.9 Å². The van der Waals surface area contributed by atoms with Crippen molar-refractivity contribution in [3.8, 4) is 5.75 Å². The van der Waals surface area contributed by atoms with Gasteiger partial charge in [-0.3, -0.25) is 9.59 Å². The molecule has 0 aliphatic heterocycles. The van der Waals surface area contributed by atoms with Crippen molar-refractivity contribution in [3.05, 3.63) is 93.7 Å². The molecule has 9 heteroatoms. The second kappa shape index (κ2) is 11.4. The highest BCUT2D eigenvalue weighted by Gasteiger charge is 2.22. The molecule has 0 aliphatic rings. The van der Waals surface area contributed by atoms with Gasteiger partial charge in [0.1, 0.15) is 24.1 Å². The van der Waals surface area contributed by atoms with E-state index in [1.165, 1.54) is 31.3 Å². The molecule has 3 rings (SSSR count). The summed E-state index contributed by atoms with van der Waals surface area (Å²) in [5, 5.41) is 7.32. The van der Waals surface area contributed by atoms with E-state index in [2.05, 4.69) is 15.8 Å². The molecular weight excluding hydrogens is 468 g/mol. The third-order valence-electron chi connectivity index (χ3n) is 4.61. The highest BCUT2D eigenvalue weighted by atomic mass is 35.5. The maximum atomic E-state index is 13.7. The summed E-state index contributed by atoms with van der Waals surface area (Å²) in [6.45, 7) is 1.61. The molecule has 0 radical (unpaired) electrons. The number of ether oxygens (including phenoxy) is 1. The largest absolute Gasteiger partial charge is 0.488 e. The summed E-state index contributed by atoms with van der Waals surface area (Å²) in [5.74, 6) is -2.47. The number of rotatable bonds is 8. The number of para-hydroxylation sites is 2. The molecule has 0 bridgehead atoms. The first-order valence-electron chi connectivity index (χ1n) is 9.89. The van der Waals surface area contributed by atoms with E-state index in [-0.39, 0.29) is 12.3 Å². The molecule has 2 N–H and O–H groups in total. The fourth-order valence-corrected chi connectivity index (χ4v) is 3.16. The number of hydrazone groups is 1. The van der Waals surface area contributed by atoms with Crippen molar-refractivity contribution < 1.29 is 18.7 Å². The molecule has 0 aliphatic carbocycles. The summed E-state index contributed by atoms with van der Waals surface area (Å²) in [7, 11) is 0. The Balaban J connectivity index is 1.59. The molecule has 0 saturated carbocycles. The minimum Gasteiger partial charge on any atom is -0.488 e. The molecule has 0 aromatic heterocycles. The predicted molar refractivity (Wildman–Crippen MR) is 127 cm³/mol. The van der Waals surface area contributed by atoms with Crippen molar-refractivity contribution in [2.75, 3.05) is 5.32 Å². The number of carbonyl (C=O) groups excluding carboxylic acids is 2. The van der Waals surface area contributed by atoms with Gasteiger partial charge in [0.25, 0.3) is 5.91 Å². The predicted octanol–water partition coefficient (Wildman–Crippen LogP) is 5.44. The second-order valence-corrected chi connectivity index (χ2v) is 7.83. The fourth-order valence-electron chi connectivity index (χ4n) is 2.70. The molecular formula is C24H20Cl2FN3O3. The molecule has 33 heavy (non-hydrogen) atoms. The van der Waals surface area contributed by atoms with Crippen LogP contribution >= 0.6 is 23.2 Å². The Morgan fingerprint density at radius 3 is 2.55 bits per heavy atom. The SMILES string of the molecule is CC(C(=O)NN=Cc1ccccc1OCc1ccc(Cl)cc1Cl)C(=O)Nc1ccccc1F. The van der Waals surface area contributed by atoms with E-state index >= 15 is 0 Å². The van der Waals surface area contributed by atoms with Gasteiger partial charge in [-0.05, 0) is 43.3 Å². The van der Waals surface area contributed by atoms with Crippen LogP contribution in [0.2, 0.25) is 10.0 Å². The lowest BCUT2D eigenvalue weighted by Crippen LogP contribution is -2.34. The molecule has 1 unspecified atom stereocenters. The second-order valence-electron chi connectivity index (χ2n) is 6.99. The first-order chi connectivity index (χ1) is 15.8. The highest BCUT2D eigenvalue weighted by molar-refractivity contribution is 6.35. The molecule has 3 aromatic rings.